The molecule has 0 bridgehead atoms. The van der Waals surface area contributed by atoms with Crippen molar-refractivity contribution in [2.45, 2.75) is 77.4 Å². The number of rotatable bonds is 6. The van der Waals surface area contributed by atoms with Gasteiger partial charge in [-0.15, -0.1) is 0 Å². The first kappa shape index (κ1) is 32.5. The molecule has 3 heterocycles. The molecule has 2 atom stereocenters. The number of thioether (sulfide) groups is 1. The second-order valence-electron chi connectivity index (χ2n) is 12.1. The highest BCUT2D eigenvalue weighted by molar-refractivity contribution is 7.98. The molecule has 240 valence electrons. The van der Waals surface area contributed by atoms with Crippen LogP contribution in [0.2, 0.25) is 0 Å². The molecule has 0 saturated carbocycles. The summed E-state index contributed by atoms with van der Waals surface area (Å²) in [4.78, 5) is 63.1. The molecular weight excluding hydrogens is 590 g/mol. The number of nitrogens with one attached hydrogen (secondary N) is 3. The van der Waals surface area contributed by atoms with Crippen LogP contribution >= 0.6 is 11.8 Å². The average Bonchev–Trinajstić information content (AvgIpc) is 3.46. The van der Waals surface area contributed by atoms with Gasteiger partial charge >= 0.3 is 0 Å². The Morgan fingerprint density at radius 3 is 2.53 bits per heavy atom. The number of aromatic amines is 1. The number of carbonyl (C=O) groups excluding carboxylic acids is 3. The Morgan fingerprint density at radius 1 is 1.00 bits per heavy atom. The van der Waals surface area contributed by atoms with E-state index in [2.05, 4.69) is 15.6 Å². The van der Waals surface area contributed by atoms with Gasteiger partial charge in [0, 0.05) is 30.8 Å². The second kappa shape index (κ2) is 14.9. The lowest BCUT2D eigenvalue weighted by molar-refractivity contribution is -0.129. The summed E-state index contributed by atoms with van der Waals surface area (Å²) in [5, 5.41) is 10.9. The number of carbonyl (C=O) groups is 3. The Balaban J connectivity index is 1.52. The van der Waals surface area contributed by atoms with Crippen molar-refractivity contribution in [3.63, 3.8) is 0 Å². The van der Waals surface area contributed by atoms with Crippen LogP contribution in [0.1, 0.15) is 79.4 Å². The Labute approximate surface area is 268 Å². The molecule has 3 aromatic rings. The van der Waals surface area contributed by atoms with Crippen molar-refractivity contribution in [1.82, 2.24) is 35.3 Å². The number of nitrogens with zero attached hydrogens (tertiary/aromatic N) is 4. The van der Waals surface area contributed by atoms with E-state index in [1.165, 1.54) is 0 Å². The maximum atomic E-state index is 14.0. The fourth-order valence-corrected chi connectivity index (χ4v) is 6.45. The summed E-state index contributed by atoms with van der Waals surface area (Å²) >= 11 is 1.61. The van der Waals surface area contributed by atoms with E-state index in [0.717, 1.165) is 42.5 Å². The average molecular weight is 634 g/mol. The van der Waals surface area contributed by atoms with Crippen molar-refractivity contribution in [2.24, 2.45) is 5.92 Å². The molecule has 1 aliphatic heterocycles. The summed E-state index contributed by atoms with van der Waals surface area (Å²) in [5.74, 6) is 0.881. The van der Waals surface area contributed by atoms with Crippen LogP contribution in [-0.4, -0.2) is 73.5 Å². The van der Waals surface area contributed by atoms with Crippen LogP contribution in [0.3, 0.4) is 0 Å². The molecule has 11 nitrogen and oxygen atoms in total. The van der Waals surface area contributed by atoms with Gasteiger partial charge in [0.25, 0.3) is 11.5 Å². The van der Waals surface area contributed by atoms with Gasteiger partial charge in [0.05, 0.1) is 12.6 Å². The number of hydrogen-bond donors (Lipinski definition) is 3. The van der Waals surface area contributed by atoms with Crippen LogP contribution in [0.5, 0.6) is 0 Å². The highest BCUT2D eigenvalue weighted by atomic mass is 32.2. The van der Waals surface area contributed by atoms with Crippen molar-refractivity contribution in [3.05, 3.63) is 69.4 Å². The maximum Gasteiger partial charge on any atom is 0.261 e. The van der Waals surface area contributed by atoms with Gasteiger partial charge < -0.3 is 20.5 Å². The van der Waals surface area contributed by atoms with Crippen molar-refractivity contribution in [3.8, 4) is 11.4 Å². The zero-order valence-electron chi connectivity index (χ0n) is 26.3. The zero-order valence-corrected chi connectivity index (χ0v) is 27.1. The largest absolute Gasteiger partial charge is 0.344 e. The van der Waals surface area contributed by atoms with Gasteiger partial charge in [-0.1, -0.05) is 44.2 Å². The summed E-state index contributed by atoms with van der Waals surface area (Å²) in [6.45, 7) is 4.82. The van der Waals surface area contributed by atoms with E-state index >= 15 is 0 Å². The molecule has 45 heavy (non-hydrogen) atoms. The van der Waals surface area contributed by atoms with Crippen molar-refractivity contribution in [1.29, 1.82) is 0 Å². The monoisotopic (exact) mass is 633 g/mol. The van der Waals surface area contributed by atoms with Crippen LogP contribution in [0, 0.1) is 5.92 Å². The number of aryl methyl sites for hydroxylation is 2. The molecule has 1 aromatic carbocycles. The zero-order chi connectivity index (χ0) is 31.9. The molecule has 0 radical (unpaired) electrons. The Morgan fingerprint density at radius 2 is 1.78 bits per heavy atom. The first-order valence-electron chi connectivity index (χ1n) is 15.9. The van der Waals surface area contributed by atoms with Crippen molar-refractivity contribution < 1.29 is 14.4 Å². The van der Waals surface area contributed by atoms with Gasteiger partial charge in [-0.25, -0.2) is 9.67 Å². The second-order valence-corrected chi connectivity index (χ2v) is 13.1. The minimum Gasteiger partial charge on any atom is -0.344 e. The topological polar surface area (TPSA) is 142 Å². The highest BCUT2D eigenvalue weighted by Crippen LogP contribution is 2.25. The normalized spacial score (nSPS) is 19.7. The van der Waals surface area contributed by atoms with E-state index < -0.39 is 12.1 Å². The van der Waals surface area contributed by atoms with Gasteiger partial charge in [0.2, 0.25) is 11.8 Å². The molecule has 2 aliphatic rings. The van der Waals surface area contributed by atoms with Crippen molar-refractivity contribution >= 4 is 29.5 Å². The van der Waals surface area contributed by atoms with Gasteiger partial charge in [-0.3, -0.25) is 19.2 Å². The van der Waals surface area contributed by atoms with E-state index in [1.54, 1.807) is 27.4 Å². The number of benzene rings is 1. The Hall–Kier alpha value is -3.93. The maximum absolute atomic E-state index is 14.0. The van der Waals surface area contributed by atoms with E-state index in [0.29, 0.717) is 36.8 Å². The molecule has 0 fully saturated rings. The minimum absolute atomic E-state index is 0.0443. The molecule has 3 amide bonds. The van der Waals surface area contributed by atoms with Crippen LogP contribution in [0.4, 0.5) is 0 Å². The number of H-pyrrole nitrogens is 1. The molecule has 5 rings (SSSR count). The molecule has 3 N–H and O–H groups in total. The Kier molecular flexibility index (Phi) is 10.7. The third-order valence-corrected chi connectivity index (χ3v) is 9.15. The molecule has 0 spiro atoms. The number of aromatic nitrogens is 4. The lowest BCUT2D eigenvalue weighted by atomic mass is 9.95. The first-order chi connectivity index (χ1) is 21.7. The summed E-state index contributed by atoms with van der Waals surface area (Å²) in [6, 6.07) is 10.2. The van der Waals surface area contributed by atoms with E-state index in [1.807, 2.05) is 50.4 Å². The summed E-state index contributed by atoms with van der Waals surface area (Å²) in [5.41, 5.74) is 2.50. The molecule has 1 aliphatic carbocycles. The minimum atomic E-state index is -0.703. The Bertz CT molecular complexity index is 1570. The van der Waals surface area contributed by atoms with Gasteiger partial charge in [-0.05, 0) is 68.1 Å². The summed E-state index contributed by atoms with van der Waals surface area (Å²) < 4.78 is 1.77. The fourth-order valence-electron chi connectivity index (χ4n) is 5.98. The predicted molar refractivity (Wildman–Crippen MR) is 175 cm³/mol. The third kappa shape index (κ3) is 7.84. The third-order valence-electron chi connectivity index (χ3n) is 8.51. The standard InChI is InChI=1S/C33H43N7O4S/c1-21(2)28-30-37-29(22-10-5-4-6-11-22)38-40(30)18-17-39(16-9-14-27(41)34-26(15-19-45-3)32(43)36-28)33(44)24-20-23-12-7-8-13-25(23)35-31(24)42/h4-6,10-11,20-21,26,28H,7-9,12-19H2,1-3H3,(H,34,41)(H,35,42)(H,36,43)/t26-,28+/m0/s1. The van der Waals surface area contributed by atoms with Gasteiger partial charge in [-0.2, -0.15) is 16.9 Å². The molecule has 12 heteroatoms. The number of fused-ring (bicyclic) bond motifs is 2. The summed E-state index contributed by atoms with van der Waals surface area (Å²) in [6.07, 6.45) is 6.66. The quantitative estimate of drug-likeness (QED) is 0.377. The van der Waals surface area contributed by atoms with Crippen LogP contribution in [0.15, 0.2) is 41.2 Å². The van der Waals surface area contributed by atoms with Crippen LogP contribution in [-0.2, 0) is 29.0 Å². The SMILES string of the molecule is CSCC[C@@H]1NC(=O)CCCN(C(=O)c2cc3c([nH]c2=O)CCCC3)CCn2nc(-c3ccccc3)nc2[C@@H](C(C)C)NC1=O. The van der Waals surface area contributed by atoms with Gasteiger partial charge in [0.1, 0.15) is 11.6 Å². The number of pyridine rings is 1. The predicted octanol–water partition coefficient (Wildman–Crippen LogP) is 3.50. The first-order valence-corrected chi connectivity index (χ1v) is 17.3. The van der Waals surface area contributed by atoms with Crippen LogP contribution in [0.25, 0.3) is 11.4 Å². The lowest BCUT2D eigenvalue weighted by Gasteiger charge is -2.28. The van der Waals surface area contributed by atoms with E-state index in [-0.39, 0.29) is 54.3 Å². The smallest absolute Gasteiger partial charge is 0.261 e. The number of amides is 3. The van der Waals surface area contributed by atoms with E-state index in [9.17, 15) is 19.2 Å². The van der Waals surface area contributed by atoms with Crippen LogP contribution < -0.4 is 16.2 Å². The van der Waals surface area contributed by atoms with Crippen molar-refractivity contribution in [2.75, 3.05) is 25.1 Å². The molecule has 0 saturated heterocycles. The highest BCUT2D eigenvalue weighted by Gasteiger charge is 2.30. The van der Waals surface area contributed by atoms with Gasteiger partial charge in [0.15, 0.2) is 11.6 Å². The molecular formula is C33H43N7O4S. The number of hydrogen-bond acceptors (Lipinski definition) is 7. The molecule has 0 unspecified atom stereocenters. The van der Waals surface area contributed by atoms with E-state index in [4.69, 9.17) is 10.1 Å². The fraction of sp³-hybridized carbons (Fsp3) is 0.515. The molecule has 2 aromatic heterocycles. The lowest BCUT2D eigenvalue weighted by Crippen LogP contribution is -2.49. The summed E-state index contributed by atoms with van der Waals surface area (Å²) in [7, 11) is 0.